The number of carbonyl (C=O) groups excluding carboxylic acids is 2. The Hall–Kier alpha value is -2.97. The monoisotopic (exact) mass is 316 g/mol. The van der Waals surface area contributed by atoms with Gasteiger partial charge in [-0.15, -0.1) is 5.10 Å². The van der Waals surface area contributed by atoms with Gasteiger partial charge in [0.05, 0.1) is 6.04 Å². The average molecular weight is 316 g/mol. The van der Waals surface area contributed by atoms with E-state index in [1.54, 1.807) is 4.90 Å². The predicted molar refractivity (Wildman–Crippen MR) is 77.9 cm³/mol. The summed E-state index contributed by atoms with van der Waals surface area (Å²) in [6, 6.07) is 9.36. The first-order valence-electron chi connectivity index (χ1n) is 7.16. The molecule has 3 rings (SSSR count). The van der Waals surface area contributed by atoms with Crippen molar-refractivity contribution in [1.82, 2.24) is 30.4 Å². The Labute approximate surface area is 132 Å². The molecule has 1 saturated heterocycles. The number of tetrazole rings is 1. The highest BCUT2D eigenvalue weighted by Crippen LogP contribution is 2.09. The van der Waals surface area contributed by atoms with E-state index in [-0.39, 0.29) is 25.1 Å². The van der Waals surface area contributed by atoms with Crippen LogP contribution in [0.25, 0.3) is 0 Å². The normalized spacial score (nSPS) is 14.2. The highest BCUT2D eigenvalue weighted by Gasteiger charge is 2.32. The molecule has 0 atom stereocenters. The fourth-order valence-electron chi connectivity index (χ4n) is 2.20. The second-order valence-corrected chi connectivity index (χ2v) is 5.21. The average Bonchev–Trinajstić information content (AvgIpc) is 3.02. The van der Waals surface area contributed by atoms with Crippen LogP contribution >= 0.6 is 0 Å². The van der Waals surface area contributed by atoms with Crippen LogP contribution in [0.4, 0.5) is 4.79 Å². The lowest BCUT2D eigenvalue weighted by molar-refractivity contribution is -0.136. The molecule has 1 aromatic heterocycles. The molecule has 120 valence electrons. The Bertz CT molecular complexity index is 654. The number of ether oxygens (including phenoxy) is 1. The molecule has 0 bridgehead atoms. The smallest absolute Gasteiger partial charge is 0.407 e. The van der Waals surface area contributed by atoms with Crippen LogP contribution in [0.5, 0.6) is 0 Å². The zero-order valence-electron chi connectivity index (χ0n) is 12.3. The first kappa shape index (κ1) is 14.9. The zero-order valence-corrected chi connectivity index (χ0v) is 12.3. The standard InChI is InChI=1S/C14H16N6O3/c21-13(8-20-10-15-17-18-20)19-6-12(7-19)16-14(22)23-9-11-4-2-1-3-5-11/h1-5,10,12H,6-9H2,(H,16,22). The van der Waals surface area contributed by atoms with E-state index in [4.69, 9.17) is 4.74 Å². The summed E-state index contributed by atoms with van der Waals surface area (Å²) < 4.78 is 6.49. The molecular formula is C14H16N6O3. The molecule has 0 spiro atoms. The number of alkyl carbamates (subject to hydrolysis) is 1. The van der Waals surface area contributed by atoms with E-state index in [0.717, 1.165) is 5.56 Å². The molecule has 23 heavy (non-hydrogen) atoms. The third kappa shape index (κ3) is 4.02. The topological polar surface area (TPSA) is 102 Å². The van der Waals surface area contributed by atoms with Crippen molar-refractivity contribution in [3.8, 4) is 0 Å². The third-order valence-electron chi connectivity index (χ3n) is 3.46. The maximum Gasteiger partial charge on any atom is 0.407 e. The molecule has 2 aromatic rings. The van der Waals surface area contributed by atoms with Gasteiger partial charge >= 0.3 is 6.09 Å². The second-order valence-electron chi connectivity index (χ2n) is 5.21. The number of hydrogen-bond donors (Lipinski definition) is 1. The minimum absolute atomic E-state index is 0.0869. The van der Waals surface area contributed by atoms with E-state index in [1.807, 2.05) is 30.3 Å². The highest BCUT2D eigenvalue weighted by atomic mass is 16.5. The number of hydrogen-bond acceptors (Lipinski definition) is 6. The number of aromatic nitrogens is 4. The summed E-state index contributed by atoms with van der Waals surface area (Å²) in [4.78, 5) is 25.2. The molecule has 0 aliphatic carbocycles. The fraction of sp³-hybridized carbons (Fsp3) is 0.357. The molecule has 9 heteroatoms. The van der Waals surface area contributed by atoms with E-state index in [0.29, 0.717) is 13.1 Å². The molecule has 1 aliphatic heterocycles. The van der Waals surface area contributed by atoms with Crippen LogP contribution in [0.1, 0.15) is 5.56 Å². The van der Waals surface area contributed by atoms with E-state index >= 15 is 0 Å². The second kappa shape index (κ2) is 6.86. The van der Waals surface area contributed by atoms with Crippen LogP contribution in [0, 0.1) is 0 Å². The summed E-state index contributed by atoms with van der Waals surface area (Å²) in [5.41, 5.74) is 0.925. The van der Waals surface area contributed by atoms with E-state index < -0.39 is 6.09 Å². The van der Waals surface area contributed by atoms with Crippen LogP contribution in [0.3, 0.4) is 0 Å². The Kier molecular flexibility index (Phi) is 4.46. The molecule has 2 heterocycles. The molecule has 0 radical (unpaired) electrons. The van der Waals surface area contributed by atoms with Crippen molar-refractivity contribution < 1.29 is 14.3 Å². The first-order valence-corrected chi connectivity index (χ1v) is 7.16. The van der Waals surface area contributed by atoms with Gasteiger partial charge in [0, 0.05) is 13.1 Å². The van der Waals surface area contributed by atoms with Gasteiger partial charge in [-0.3, -0.25) is 4.79 Å². The lowest BCUT2D eigenvalue weighted by atomic mass is 10.1. The first-order chi connectivity index (χ1) is 11.2. The number of benzene rings is 1. The Morgan fingerprint density at radius 3 is 2.74 bits per heavy atom. The molecule has 0 saturated carbocycles. The quantitative estimate of drug-likeness (QED) is 0.820. The van der Waals surface area contributed by atoms with Gasteiger partial charge in [-0.2, -0.15) is 0 Å². The number of rotatable bonds is 5. The van der Waals surface area contributed by atoms with Crippen LogP contribution < -0.4 is 5.32 Å². The van der Waals surface area contributed by atoms with Crippen LogP contribution in [0.15, 0.2) is 36.7 Å². The van der Waals surface area contributed by atoms with Gasteiger partial charge in [-0.1, -0.05) is 30.3 Å². The number of carbonyl (C=O) groups is 2. The third-order valence-corrected chi connectivity index (χ3v) is 3.46. The Balaban J connectivity index is 1.35. The van der Waals surface area contributed by atoms with Crippen molar-refractivity contribution in [2.45, 2.75) is 19.2 Å². The molecule has 0 unspecified atom stereocenters. The van der Waals surface area contributed by atoms with E-state index in [1.165, 1.54) is 11.0 Å². The Morgan fingerprint density at radius 2 is 2.04 bits per heavy atom. The van der Waals surface area contributed by atoms with E-state index in [2.05, 4.69) is 20.8 Å². The number of nitrogens with zero attached hydrogens (tertiary/aromatic N) is 5. The number of nitrogens with one attached hydrogen (secondary N) is 1. The zero-order chi connectivity index (χ0) is 16.1. The predicted octanol–water partition coefficient (Wildman–Crippen LogP) is -0.190. The minimum atomic E-state index is -0.480. The molecular weight excluding hydrogens is 300 g/mol. The number of amides is 2. The van der Waals surface area contributed by atoms with Gasteiger partial charge in [0.2, 0.25) is 5.91 Å². The molecule has 1 N–H and O–H groups in total. The van der Waals surface area contributed by atoms with Crippen molar-refractivity contribution in [2.24, 2.45) is 0 Å². The van der Waals surface area contributed by atoms with Gasteiger partial charge in [-0.25, -0.2) is 9.48 Å². The summed E-state index contributed by atoms with van der Waals surface area (Å²) >= 11 is 0. The van der Waals surface area contributed by atoms with Crippen molar-refractivity contribution in [1.29, 1.82) is 0 Å². The van der Waals surface area contributed by atoms with Crippen molar-refractivity contribution in [3.05, 3.63) is 42.2 Å². The molecule has 2 amide bonds. The van der Waals surface area contributed by atoms with Gasteiger partial charge in [0.1, 0.15) is 19.5 Å². The molecule has 1 aliphatic rings. The Morgan fingerprint density at radius 1 is 1.26 bits per heavy atom. The summed E-state index contributed by atoms with van der Waals surface area (Å²) in [5.74, 6) is -0.0898. The van der Waals surface area contributed by atoms with Crippen molar-refractivity contribution in [3.63, 3.8) is 0 Å². The summed E-state index contributed by atoms with van der Waals surface area (Å²) in [5, 5.41) is 13.3. The number of likely N-dealkylation sites (tertiary alicyclic amines) is 1. The lowest BCUT2D eigenvalue weighted by Crippen LogP contribution is -2.61. The minimum Gasteiger partial charge on any atom is -0.445 e. The van der Waals surface area contributed by atoms with Crippen molar-refractivity contribution in [2.75, 3.05) is 13.1 Å². The molecule has 1 aromatic carbocycles. The highest BCUT2D eigenvalue weighted by molar-refractivity contribution is 5.77. The fourth-order valence-corrected chi connectivity index (χ4v) is 2.20. The van der Waals surface area contributed by atoms with Crippen LogP contribution in [0.2, 0.25) is 0 Å². The van der Waals surface area contributed by atoms with Gasteiger partial charge in [0.25, 0.3) is 0 Å². The van der Waals surface area contributed by atoms with E-state index in [9.17, 15) is 9.59 Å². The molecule has 9 nitrogen and oxygen atoms in total. The molecule has 1 fully saturated rings. The van der Waals surface area contributed by atoms with Gasteiger partial charge in [0.15, 0.2) is 0 Å². The summed E-state index contributed by atoms with van der Waals surface area (Å²) in [7, 11) is 0. The van der Waals surface area contributed by atoms with Crippen LogP contribution in [-0.4, -0.2) is 56.2 Å². The lowest BCUT2D eigenvalue weighted by Gasteiger charge is -2.39. The largest absolute Gasteiger partial charge is 0.445 e. The van der Waals surface area contributed by atoms with Gasteiger partial charge < -0.3 is 15.0 Å². The SMILES string of the molecule is O=C(NC1CN(C(=O)Cn2cnnn2)C1)OCc1ccccc1. The summed E-state index contributed by atoms with van der Waals surface area (Å²) in [6.45, 7) is 1.24. The maximum absolute atomic E-state index is 11.9. The maximum atomic E-state index is 11.9. The van der Waals surface area contributed by atoms with Crippen LogP contribution in [-0.2, 0) is 22.7 Å². The summed E-state index contributed by atoms with van der Waals surface area (Å²) in [6.07, 6.45) is 0.903. The van der Waals surface area contributed by atoms with Crippen molar-refractivity contribution >= 4 is 12.0 Å². The van der Waals surface area contributed by atoms with Gasteiger partial charge in [-0.05, 0) is 16.0 Å².